The summed E-state index contributed by atoms with van der Waals surface area (Å²) in [6.07, 6.45) is 6.10. The van der Waals surface area contributed by atoms with Crippen molar-refractivity contribution in [1.82, 2.24) is 20.0 Å². The van der Waals surface area contributed by atoms with E-state index in [-0.39, 0.29) is 30.1 Å². The van der Waals surface area contributed by atoms with Crippen LogP contribution in [-0.2, 0) is 9.53 Å². The fourth-order valence-electron chi connectivity index (χ4n) is 4.21. The first-order valence-electron chi connectivity index (χ1n) is 11.6. The number of amides is 1. The fourth-order valence-corrected chi connectivity index (χ4v) is 4.21. The van der Waals surface area contributed by atoms with E-state index in [1.165, 1.54) is 12.8 Å². The minimum atomic E-state index is 0. The quantitative estimate of drug-likeness (QED) is 0.293. The van der Waals surface area contributed by atoms with Crippen LogP contribution in [0.5, 0.6) is 0 Å². The number of hydrogen-bond acceptors (Lipinski definition) is 4. The van der Waals surface area contributed by atoms with E-state index in [0.29, 0.717) is 18.4 Å². The zero-order valence-corrected chi connectivity index (χ0v) is 21.9. The number of rotatable bonds is 8. The zero-order valence-electron chi connectivity index (χ0n) is 19.6. The van der Waals surface area contributed by atoms with Crippen LogP contribution in [0.15, 0.2) is 4.99 Å². The number of carbonyl (C=O) groups excluding carboxylic acids is 1. The molecule has 1 unspecified atom stereocenters. The molecule has 2 aliphatic rings. The monoisotopic (exact) mass is 537 g/mol. The predicted octanol–water partition coefficient (Wildman–Crippen LogP) is 2.65. The van der Waals surface area contributed by atoms with Crippen LogP contribution in [0.3, 0.4) is 0 Å². The third-order valence-corrected chi connectivity index (χ3v) is 6.04. The van der Waals surface area contributed by atoms with E-state index in [9.17, 15) is 4.79 Å². The molecule has 7 nitrogen and oxygen atoms in total. The fraction of sp³-hybridized carbons (Fsp3) is 0.909. The van der Waals surface area contributed by atoms with Crippen molar-refractivity contribution in [1.29, 1.82) is 0 Å². The van der Waals surface area contributed by atoms with Gasteiger partial charge in [-0.1, -0.05) is 26.7 Å². The van der Waals surface area contributed by atoms with Crippen LogP contribution in [0.2, 0.25) is 0 Å². The summed E-state index contributed by atoms with van der Waals surface area (Å²) in [5.41, 5.74) is 0. The Bertz CT molecular complexity index is 502. The van der Waals surface area contributed by atoms with Crippen LogP contribution in [-0.4, -0.2) is 98.7 Å². The number of halogens is 1. The number of nitrogens with one attached hydrogen (secondary N) is 1. The Morgan fingerprint density at radius 3 is 2.17 bits per heavy atom. The molecule has 2 heterocycles. The van der Waals surface area contributed by atoms with Crippen molar-refractivity contribution in [2.75, 3.05) is 66.0 Å². The lowest BCUT2D eigenvalue weighted by atomic mass is 10.0. The number of aliphatic imine (C=N–C) groups is 1. The smallest absolute Gasteiger partial charge is 0.236 e. The van der Waals surface area contributed by atoms with Gasteiger partial charge in [0.25, 0.3) is 0 Å². The summed E-state index contributed by atoms with van der Waals surface area (Å²) in [6, 6.07) is 0. The molecule has 0 aromatic carbocycles. The highest BCUT2D eigenvalue weighted by atomic mass is 127. The van der Waals surface area contributed by atoms with Gasteiger partial charge in [0, 0.05) is 59.5 Å². The van der Waals surface area contributed by atoms with E-state index in [1.807, 2.05) is 7.05 Å². The van der Waals surface area contributed by atoms with Gasteiger partial charge < -0.3 is 19.9 Å². The van der Waals surface area contributed by atoms with Gasteiger partial charge in [0.05, 0.1) is 12.6 Å². The van der Waals surface area contributed by atoms with Gasteiger partial charge in [-0.05, 0) is 32.1 Å². The van der Waals surface area contributed by atoms with Crippen LogP contribution < -0.4 is 5.32 Å². The molecule has 0 saturated carbocycles. The van der Waals surface area contributed by atoms with Crippen molar-refractivity contribution in [3.05, 3.63) is 0 Å². The van der Waals surface area contributed by atoms with Crippen molar-refractivity contribution in [2.45, 2.75) is 59.0 Å². The van der Waals surface area contributed by atoms with Crippen LogP contribution in [0.1, 0.15) is 52.9 Å². The third-order valence-electron chi connectivity index (χ3n) is 6.04. The molecule has 2 saturated heterocycles. The molecule has 1 N–H and O–H groups in total. The number of ether oxygens (including phenoxy) is 1. The molecule has 0 bridgehead atoms. The summed E-state index contributed by atoms with van der Waals surface area (Å²) in [4.78, 5) is 23.8. The Morgan fingerprint density at radius 2 is 1.63 bits per heavy atom. The number of carbonyl (C=O) groups is 1. The lowest BCUT2D eigenvalue weighted by Gasteiger charge is -2.37. The molecular formula is C22H44IN5O2. The number of likely N-dealkylation sites (tertiary alicyclic amines) is 1. The largest absolute Gasteiger partial charge is 0.378 e. The molecule has 2 aliphatic heterocycles. The molecule has 2 rings (SSSR count). The van der Waals surface area contributed by atoms with Crippen molar-refractivity contribution in [2.24, 2.45) is 10.9 Å². The van der Waals surface area contributed by atoms with Gasteiger partial charge in [-0.2, -0.15) is 0 Å². The topological polar surface area (TPSA) is 60.4 Å². The van der Waals surface area contributed by atoms with Gasteiger partial charge in [0.2, 0.25) is 5.91 Å². The average molecular weight is 538 g/mol. The van der Waals surface area contributed by atoms with Crippen molar-refractivity contribution in [3.63, 3.8) is 0 Å². The van der Waals surface area contributed by atoms with Crippen LogP contribution in [0.25, 0.3) is 0 Å². The molecule has 0 spiro atoms. The highest BCUT2D eigenvalue weighted by molar-refractivity contribution is 14.0. The van der Waals surface area contributed by atoms with Gasteiger partial charge in [-0.15, -0.1) is 24.0 Å². The molecule has 0 aliphatic carbocycles. The third kappa shape index (κ3) is 9.26. The normalized spacial score (nSPS) is 20.0. The average Bonchev–Trinajstić information content (AvgIpc) is 3.01. The molecule has 0 aromatic rings. The molecule has 0 radical (unpaired) electrons. The number of hydrogen-bond donors (Lipinski definition) is 1. The Kier molecular flexibility index (Phi) is 13.9. The van der Waals surface area contributed by atoms with Gasteiger partial charge >= 0.3 is 0 Å². The van der Waals surface area contributed by atoms with Gasteiger partial charge in [0.15, 0.2) is 5.96 Å². The van der Waals surface area contributed by atoms with Crippen LogP contribution in [0.4, 0.5) is 0 Å². The summed E-state index contributed by atoms with van der Waals surface area (Å²) < 4.78 is 5.84. The van der Waals surface area contributed by atoms with Crippen molar-refractivity contribution < 1.29 is 9.53 Å². The summed E-state index contributed by atoms with van der Waals surface area (Å²) in [5, 5.41) is 3.50. The Hall–Kier alpha value is -0.610. The summed E-state index contributed by atoms with van der Waals surface area (Å²) >= 11 is 0. The molecule has 2 fully saturated rings. The number of guanidine groups is 1. The molecule has 0 aromatic heterocycles. The molecule has 1 atom stereocenters. The van der Waals surface area contributed by atoms with E-state index in [0.717, 1.165) is 77.6 Å². The summed E-state index contributed by atoms with van der Waals surface area (Å²) in [6.45, 7) is 14.2. The van der Waals surface area contributed by atoms with E-state index in [2.05, 4.69) is 45.8 Å². The first-order chi connectivity index (χ1) is 14.0. The number of nitrogens with zero attached hydrogens (tertiary/aromatic N) is 4. The SMILES string of the molecule is CCOC(CCNC(=NC)N1CCN(CC(=O)N2CCCCCC2)CC1)C(C)C.I. The molecule has 176 valence electrons. The van der Waals surface area contributed by atoms with Gasteiger partial charge in [-0.25, -0.2) is 0 Å². The van der Waals surface area contributed by atoms with Gasteiger partial charge in [-0.3, -0.25) is 14.7 Å². The maximum absolute atomic E-state index is 12.6. The predicted molar refractivity (Wildman–Crippen MR) is 135 cm³/mol. The lowest BCUT2D eigenvalue weighted by Crippen LogP contribution is -2.54. The standard InChI is InChI=1S/C22H43N5O2.HI/c1-5-29-20(19(2)3)10-11-24-22(23-4)27-16-14-25(15-17-27)18-21(28)26-12-8-6-7-9-13-26;/h19-20H,5-18H2,1-4H3,(H,23,24);1H. The maximum atomic E-state index is 12.6. The summed E-state index contributed by atoms with van der Waals surface area (Å²) in [7, 11) is 1.85. The maximum Gasteiger partial charge on any atom is 0.236 e. The van der Waals surface area contributed by atoms with E-state index < -0.39 is 0 Å². The van der Waals surface area contributed by atoms with E-state index >= 15 is 0 Å². The summed E-state index contributed by atoms with van der Waals surface area (Å²) in [5.74, 6) is 1.78. The van der Waals surface area contributed by atoms with Crippen molar-refractivity contribution in [3.8, 4) is 0 Å². The Labute approximate surface area is 201 Å². The minimum Gasteiger partial charge on any atom is -0.378 e. The lowest BCUT2D eigenvalue weighted by molar-refractivity contribution is -0.132. The Balaban J connectivity index is 0.00000450. The molecule has 1 amide bonds. The van der Waals surface area contributed by atoms with Gasteiger partial charge in [0.1, 0.15) is 0 Å². The van der Waals surface area contributed by atoms with Crippen molar-refractivity contribution >= 4 is 35.8 Å². The minimum absolute atomic E-state index is 0. The van der Waals surface area contributed by atoms with E-state index in [4.69, 9.17) is 4.74 Å². The van der Waals surface area contributed by atoms with Crippen LogP contribution >= 0.6 is 24.0 Å². The first kappa shape index (κ1) is 27.4. The Morgan fingerprint density at radius 1 is 1.00 bits per heavy atom. The second-order valence-corrected chi connectivity index (χ2v) is 8.56. The zero-order chi connectivity index (χ0) is 21.1. The number of piperazine rings is 1. The highest BCUT2D eigenvalue weighted by Crippen LogP contribution is 2.12. The molecule has 30 heavy (non-hydrogen) atoms. The highest BCUT2D eigenvalue weighted by Gasteiger charge is 2.24. The first-order valence-corrected chi connectivity index (χ1v) is 11.6. The second kappa shape index (κ2) is 15.2. The molecular weight excluding hydrogens is 493 g/mol. The molecule has 8 heteroatoms. The second-order valence-electron chi connectivity index (χ2n) is 8.56. The van der Waals surface area contributed by atoms with E-state index in [1.54, 1.807) is 0 Å². The van der Waals surface area contributed by atoms with Crippen LogP contribution in [0, 0.1) is 5.92 Å².